The Hall–Kier alpha value is -1.69. The first-order valence-electron chi connectivity index (χ1n) is 5.67. The van der Waals surface area contributed by atoms with Gasteiger partial charge in [-0.2, -0.15) is 13.2 Å². The third-order valence-corrected chi connectivity index (χ3v) is 3.17. The van der Waals surface area contributed by atoms with Crippen LogP contribution in [-0.2, 0) is 12.6 Å². The Morgan fingerprint density at radius 3 is 2.65 bits per heavy atom. The Morgan fingerprint density at radius 2 is 2.00 bits per heavy atom. The molecule has 0 bridgehead atoms. The summed E-state index contributed by atoms with van der Waals surface area (Å²) in [4.78, 5) is 15.6. The van der Waals surface area contributed by atoms with E-state index in [-0.39, 0.29) is 6.42 Å². The number of hydrogen-bond donors (Lipinski definition) is 0. The van der Waals surface area contributed by atoms with Gasteiger partial charge in [0.25, 0.3) is 0 Å². The standard InChI is InChI=1S/C14H9BrF3NO/c15-10-3-1-2-9(6-10)7-13(20)11-8-19-5-4-12(11)14(16,17)18/h1-6,8H,7H2. The van der Waals surface area contributed by atoms with Crippen molar-refractivity contribution in [1.29, 1.82) is 0 Å². The second-order valence-electron chi connectivity index (χ2n) is 4.15. The summed E-state index contributed by atoms with van der Waals surface area (Å²) in [6.07, 6.45) is -2.68. The van der Waals surface area contributed by atoms with Crippen molar-refractivity contribution < 1.29 is 18.0 Å². The molecule has 0 fully saturated rings. The number of pyridine rings is 1. The zero-order valence-electron chi connectivity index (χ0n) is 10.1. The van der Waals surface area contributed by atoms with E-state index in [1.165, 1.54) is 0 Å². The lowest BCUT2D eigenvalue weighted by Gasteiger charge is -2.11. The van der Waals surface area contributed by atoms with Gasteiger partial charge in [0.05, 0.1) is 5.56 Å². The lowest BCUT2D eigenvalue weighted by atomic mass is 10.0. The van der Waals surface area contributed by atoms with Gasteiger partial charge in [-0.1, -0.05) is 28.1 Å². The Kier molecular flexibility index (Phi) is 4.23. The third kappa shape index (κ3) is 3.45. The number of aromatic nitrogens is 1. The van der Waals surface area contributed by atoms with Gasteiger partial charge in [-0.15, -0.1) is 0 Å². The Balaban J connectivity index is 2.31. The molecule has 1 aromatic heterocycles. The largest absolute Gasteiger partial charge is 0.417 e. The van der Waals surface area contributed by atoms with Crippen LogP contribution in [0, 0.1) is 0 Å². The highest BCUT2D eigenvalue weighted by Crippen LogP contribution is 2.32. The van der Waals surface area contributed by atoms with Gasteiger partial charge < -0.3 is 0 Å². The van der Waals surface area contributed by atoms with E-state index in [1.54, 1.807) is 24.3 Å². The van der Waals surface area contributed by atoms with Gasteiger partial charge in [-0.05, 0) is 23.8 Å². The molecule has 0 saturated carbocycles. The molecule has 0 radical (unpaired) electrons. The van der Waals surface area contributed by atoms with Gasteiger partial charge >= 0.3 is 6.18 Å². The normalized spacial score (nSPS) is 11.4. The molecular weight excluding hydrogens is 335 g/mol. The Bertz CT molecular complexity index is 640. The molecule has 0 aliphatic rings. The average Bonchev–Trinajstić information content (AvgIpc) is 2.37. The number of Topliss-reactive ketones (excluding diaryl/α,β-unsaturated/α-hetero) is 1. The molecule has 0 amide bonds. The summed E-state index contributed by atoms with van der Waals surface area (Å²) < 4.78 is 39.2. The average molecular weight is 344 g/mol. The summed E-state index contributed by atoms with van der Waals surface area (Å²) in [5, 5.41) is 0. The Morgan fingerprint density at radius 1 is 1.25 bits per heavy atom. The van der Waals surface area contributed by atoms with Gasteiger partial charge in [-0.25, -0.2) is 0 Å². The number of ketones is 1. The summed E-state index contributed by atoms with van der Waals surface area (Å²) in [5.74, 6) is -0.608. The van der Waals surface area contributed by atoms with Crippen molar-refractivity contribution in [2.75, 3.05) is 0 Å². The number of hydrogen-bond acceptors (Lipinski definition) is 2. The summed E-state index contributed by atoms with van der Waals surface area (Å²) in [7, 11) is 0. The lowest BCUT2D eigenvalue weighted by Crippen LogP contribution is -2.15. The van der Waals surface area contributed by atoms with E-state index in [0.29, 0.717) is 5.56 Å². The van der Waals surface area contributed by atoms with E-state index >= 15 is 0 Å². The summed E-state index contributed by atoms with van der Waals surface area (Å²) >= 11 is 3.25. The van der Waals surface area contributed by atoms with Crippen molar-refractivity contribution in [3.8, 4) is 0 Å². The van der Waals surface area contributed by atoms with Crippen molar-refractivity contribution in [3.63, 3.8) is 0 Å². The maximum absolute atomic E-state index is 12.8. The summed E-state index contributed by atoms with van der Waals surface area (Å²) in [6, 6.07) is 7.70. The first-order chi connectivity index (χ1) is 9.38. The molecule has 0 saturated heterocycles. The number of nitrogens with zero attached hydrogens (tertiary/aromatic N) is 1. The zero-order chi connectivity index (χ0) is 14.8. The van der Waals surface area contributed by atoms with E-state index in [0.717, 1.165) is 22.9 Å². The highest BCUT2D eigenvalue weighted by atomic mass is 79.9. The van der Waals surface area contributed by atoms with E-state index in [9.17, 15) is 18.0 Å². The van der Waals surface area contributed by atoms with Crippen LogP contribution in [-0.4, -0.2) is 10.8 Å². The summed E-state index contributed by atoms with van der Waals surface area (Å²) in [5.41, 5.74) is -0.714. The molecule has 104 valence electrons. The maximum atomic E-state index is 12.8. The molecule has 20 heavy (non-hydrogen) atoms. The maximum Gasteiger partial charge on any atom is 0.417 e. The minimum Gasteiger partial charge on any atom is -0.294 e. The fourth-order valence-electron chi connectivity index (χ4n) is 1.79. The van der Waals surface area contributed by atoms with Gasteiger partial charge in [-0.3, -0.25) is 9.78 Å². The van der Waals surface area contributed by atoms with Crippen LogP contribution in [0.4, 0.5) is 13.2 Å². The summed E-state index contributed by atoms with van der Waals surface area (Å²) in [6.45, 7) is 0. The fourth-order valence-corrected chi connectivity index (χ4v) is 2.24. The van der Waals surface area contributed by atoms with Crippen molar-refractivity contribution in [2.24, 2.45) is 0 Å². The number of carbonyl (C=O) groups is 1. The van der Waals surface area contributed by atoms with Crippen LogP contribution in [0.3, 0.4) is 0 Å². The first-order valence-corrected chi connectivity index (χ1v) is 6.46. The molecule has 0 N–H and O–H groups in total. The van der Waals surface area contributed by atoms with Crippen LogP contribution < -0.4 is 0 Å². The molecule has 2 aromatic rings. The van der Waals surface area contributed by atoms with Crippen LogP contribution in [0.2, 0.25) is 0 Å². The molecule has 0 atom stereocenters. The zero-order valence-corrected chi connectivity index (χ0v) is 11.7. The second-order valence-corrected chi connectivity index (χ2v) is 5.06. The van der Waals surface area contributed by atoms with Crippen LogP contribution >= 0.6 is 15.9 Å². The molecule has 0 unspecified atom stereocenters. The Labute approximate surface area is 121 Å². The van der Waals surface area contributed by atoms with Crippen LogP contribution in [0.15, 0.2) is 47.2 Å². The number of alkyl halides is 3. The van der Waals surface area contributed by atoms with Gasteiger partial charge in [0.1, 0.15) is 0 Å². The number of rotatable bonds is 3. The van der Waals surface area contributed by atoms with Gasteiger partial charge in [0, 0.05) is 28.9 Å². The molecule has 0 spiro atoms. The van der Waals surface area contributed by atoms with Crippen molar-refractivity contribution in [2.45, 2.75) is 12.6 Å². The highest BCUT2D eigenvalue weighted by Gasteiger charge is 2.35. The van der Waals surface area contributed by atoms with E-state index in [1.807, 2.05) is 0 Å². The smallest absolute Gasteiger partial charge is 0.294 e. The second kappa shape index (κ2) is 5.75. The van der Waals surface area contributed by atoms with Gasteiger partial charge in [0.2, 0.25) is 0 Å². The SMILES string of the molecule is O=C(Cc1cccc(Br)c1)c1cnccc1C(F)(F)F. The molecule has 0 aliphatic heterocycles. The minimum atomic E-state index is -4.56. The van der Waals surface area contributed by atoms with Crippen LogP contribution in [0.5, 0.6) is 0 Å². The van der Waals surface area contributed by atoms with Crippen molar-refractivity contribution >= 4 is 21.7 Å². The number of halogens is 4. The first kappa shape index (κ1) is 14.7. The molecule has 2 nitrogen and oxygen atoms in total. The van der Waals surface area contributed by atoms with Crippen molar-refractivity contribution in [3.05, 3.63) is 63.9 Å². The van der Waals surface area contributed by atoms with E-state index in [4.69, 9.17) is 0 Å². The third-order valence-electron chi connectivity index (χ3n) is 2.68. The lowest BCUT2D eigenvalue weighted by molar-refractivity contribution is -0.138. The fraction of sp³-hybridized carbons (Fsp3) is 0.143. The van der Waals surface area contributed by atoms with Gasteiger partial charge in [0.15, 0.2) is 5.78 Å². The molecule has 0 aliphatic carbocycles. The molecule has 1 heterocycles. The predicted octanol–water partition coefficient (Wildman–Crippen LogP) is 4.29. The topological polar surface area (TPSA) is 30.0 Å². The number of carbonyl (C=O) groups excluding carboxylic acids is 1. The van der Waals surface area contributed by atoms with Crippen LogP contribution in [0.1, 0.15) is 21.5 Å². The quantitative estimate of drug-likeness (QED) is 0.778. The molecular formula is C14H9BrF3NO. The monoisotopic (exact) mass is 343 g/mol. The van der Waals surface area contributed by atoms with E-state index in [2.05, 4.69) is 20.9 Å². The van der Waals surface area contributed by atoms with E-state index < -0.39 is 23.1 Å². The van der Waals surface area contributed by atoms with Crippen molar-refractivity contribution in [1.82, 2.24) is 4.98 Å². The molecule has 2 rings (SSSR count). The highest BCUT2D eigenvalue weighted by molar-refractivity contribution is 9.10. The molecule has 6 heteroatoms. The minimum absolute atomic E-state index is 0.103. The predicted molar refractivity (Wildman–Crippen MR) is 71.4 cm³/mol. The molecule has 1 aromatic carbocycles. The number of benzene rings is 1. The van der Waals surface area contributed by atoms with Crippen LogP contribution in [0.25, 0.3) is 0 Å².